The van der Waals surface area contributed by atoms with E-state index in [4.69, 9.17) is 9.47 Å². The van der Waals surface area contributed by atoms with Gasteiger partial charge in [-0.1, -0.05) is 47.1 Å². The Balaban J connectivity index is 1.31. The fourth-order valence-corrected chi connectivity index (χ4v) is 11.9. The minimum Gasteiger partial charge on any atom is -0.481 e. The summed E-state index contributed by atoms with van der Waals surface area (Å²) in [6.45, 7) is 15.3. The van der Waals surface area contributed by atoms with E-state index in [9.17, 15) is 39.9 Å². The van der Waals surface area contributed by atoms with Gasteiger partial charge in [-0.05, 0) is 110 Å². The van der Waals surface area contributed by atoms with Crippen molar-refractivity contribution in [2.75, 3.05) is 0 Å². The van der Waals surface area contributed by atoms with Crippen molar-refractivity contribution in [1.29, 1.82) is 0 Å². The molecule has 6 rings (SSSR count). The zero-order valence-corrected chi connectivity index (χ0v) is 28.4. The summed E-state index contributed by atoms with van der Waals surface area (Å²) in [7, 11) is 0. The summed E-state index contributed by atoms with van der Waals surface area (Å²) in [5.74, 6) is -2.15. The van der Waals surface area contributed by atoms with Crippen LogP contribution in [0, 0.1) is 50.2 Å². The number of rotatable bonds is 4. The van der Waals surface area contributed by atoms with Gasteiger partial charge in [-0.2, -0.15) is 0 Å². The first kappa shape index (κ1) is 34.0. The SMILES string of the molecule is CC1(C)[C@@H](O[C@H]2O[C@H](C(=O)O)[C@@H](O)[C@H](O)[C@H]2O)CC[C@]2(C)[C@H]3C(=O)C=C4[C@H]5C[C@@](C)(C(=O)O)CC[C@]5(C)CC[C@@]4(C)[C@]3(C)CC[C@@H]12. The first-order valence-corrected chi connectivity index (χ1v) is 17.2. The molecule has 4 saturated carbocycles. The summed E-state index contributed by atoms with van der Waals surface area (Å²) < 4.78 is 11.8. The van der Waals surface area contributed by atoms with Crippen molar-refractivity contribution in [2.45, 2.75) is 143 Å². The molecule has 1 heterocycles. The summed E-state index contributed by atoms with van der Waals surface area (Å²) in [5.41, 5.74) is -1.03. The second-order valence-electron chi connectivity index (χ2n) is 17.8. The molecule has 0 aromatic rings. The molecule has 0 aromatic carbocycles. The molecular formula is C36H54O10. The number of carboxylic acids is 2. The second kappa shape index (κ2) is 10.6. The lowest BCUT2D eigenvalue weighted by Crippen LogP contribution is -2.67. The van der Waals surface area contributed by atoms with Crippen LogP contribution in [-0.4, -0.2) is 80.1 Å². The fourth-order valence-electron chi connectivity index (χ4n) is 11.9. The number of aliphatic hydroxyl groups is 3. The van der Waals surface area contributed by atoms with Crippen LogP contribution in [0.15, 0.2) is 11.6 Å². The first-order valence-electron chi connectivity index (χ1n) is 17.2. The van der Waals surface area contributed by atoms with Gasteiger partial charge in [0.2, 0.25) is 0 Å². The number of aliphatic carboxylic acids is 2. The molecular weight excluding hydrogens is 592 g/mol. The van der Waals surface area contributed by atoms with Crippen molar-refractivity contribution in [3.8, 4) is 0 Å². The van der Waals surface area contributed by atoms with Crippen LogP contribution < -0.4 is 0 Å². The standard InChI is InChI=1S/C36H54O10/c1-31(2)21-8-11-36(7)27(34(21,5)10-9-22(31)45-29-25(40)23(38)24(39)26(46-29)28(41)42)20(37)16-18-19-17-33(4,30(43)44)13-12-32(19,3)14-15-35(18,36)6/h16,19,21-27,29,38-40H,8-15,17H2,1-7H3,(H,41,42)(H,43,44)/t19-,21+,22+,23+,24+,25-,26+,27-,29+,32-,33+,34+,35-,36-/m1/s1. The van der Waals surface area contributed by atoms with Gasteiger partial charge in [-0.15, -0.1) is 0 Å². The Hall–Kier alpha value is -1.85. The van der Waals surface area contributed by atoms with Crippen LogP contribution in [0.5, 0.6) is 0 Å². The van der Waals surface area contributed by atoms with Crippen molar-refractivity contribution in [1.82, 2.24) is 0 Å². The summed E-state index contributed by atoms with van der Waals surface area (Å²) in [6, 6.07) is 0. The predicted molar refractivity (Wildman–Crippen MR) is 166 cm³/mol. The Kier molecular flexibility index (Phi) is 7.82. The van der Waals surface area contributed by atoms with Gasteiger partial charge in [0, 0.05) is 5.92 Å². The predicted octanol–water partition coefficient (Wildman–Crippen LogP) is 4.33. The van der Waals surface area contributed by atoms with E-state index in [-0.39, 0.29) is 45.2 Å². The lowest BCUT2D eigenvalue weighted by atomic mass is 9.33. The first-order chi connectivity index (χ1) is 21.2. The Labute approximate surface area is 271 Å². The topological polar surface area (TPSA) is 171 Å². The Morgan fingerprint density at radius 1 is 0.848 bits per heavy atom. The van der Waals surface area contributed by atoms with Gasteiger partial charge in [0.05, 0.1) is 11.5 Å². The third-order valence-electron chi connectivity index (χ3n) is 15.1. The largest absolute Gasteiger partial charge is 0.481 e. The van der Waals surface area contributed by atoms with Crippen LogP contribution in [0.1, 0.15) is 106 Å². The van der Waals surface area contributed by atoms with Gasteiger partial charge < -0.3 is 35.0 Å². The molecule has 5 fully saturated rings. The van der Waals surface area contributed by atoms with Crippen molar-refractivity contribution in [3.63, 3.8) is 0 Å². The molecule has 46 heavy (non-hydrogen) atoms. The molecule has 258 valence electrons. The van der Waals surface area contributed by atoms with Crippen LogP contribution in [0.25, 0.3) is 0 Å². The summed E-state index contributed by atoms with van der Waals surface area (Å²) in [6.07, 6.45) is 0.183. The molecule has 0 unspecified atom stereocenters. The molecule has 10 heteroatoms. The highest BCUT2D eigenvalue weighted by molar-refractivity contribution is 5.95. The minimum atomic E-state index is -1.79. The van der Waals surface area contributed by atoms with Gasteiger partial charge in [-0.25, -0.2) is 4.79 Å². The number of carbonyl (C=O) groups excluding carboxylic acids is 1. The smallest absolute Gasteiger partial charge is 0.335 e. The summed E-state index contributed by atoms with van der Waals surface area (Å²) >= 11 is 0. The molecule has 5 N–H and O–H groups in total. The fraction of sp³-hybridized carbons (Fsp3) is 0.861. The Bertz CT molecular complexity index is 1340. The summed E-state index contributed by atoms with van der Waals surface area (Å²) in [4.78, 5) is 38.7. The van der Waals surface area contributed by atoms with Gasteiger partial charge in [0.25, 0.3) is 0 Å². The van der Waals surface area contributed by atoms with E-state index in [1.165, 1.54) is 5.57 Å². The van der Waals surface area contributed by atoms with E-state index >= 15 is 0 Å². The Morgan fingerprint density at radius 3 is 2.13 bits per heavy atom. The third kappa shape index (κ3) is 4.49. The molecule has 6 aliphatic rings. The Morgan fingerprint density at radius 2 is 1.50 bits per heavy atom. The van der Waals surface area contributed by atoms with E-state index in [2.05, 4.69) is 41.5 Å². The van der Waals surface area contributed by atoms with Gasteiger partial charge in [0.1, 0.15) is 18.3 Å². The number of carbonyl (C=O) groups is 3. The van der Waals surface area contributed by atoms with Gasteiger partial charge in [0.15, 0.2) is 18.2 Å². The number of ketones is 1. The van der Waals surface area contributed by atoms with Crippen molar-refractivity contribution >= 4 is 17.7 Å². The molecule has 14 atom stereocenters. The third-order valence-corrected chi connectivity index (χ3v) is 15.1. The zero-order chi connectivity index (χ0) is 34.0. The highest BCUT2D eigenvalue weighted by Gasteiger charge is 2.70. The van der Waals surface area contributed by atoms with Crippen molar-refractivity contribution < 1.29 is 49.4 Å². The molecule has 1 aliphatic heterocycles. The monoisotopic (exact) mass is 646 g/mol. The van der Waals surface area contributed by atoms with Crippen LogP contribution in [0.4, 0.5) is 0 Å². The van der Waals surface area contributed by atoms with Crippen LogP contribution in [0.2, 0.25) is 0 Å². The number of allylic oxidation sites excluding steroid dienone is 2. The number of fused-ring (bicyclic) bond motifs is 7. The van der Waals surface area contributed by atoms with Crippen LogP contribution >= 0.6 is 0 Å². The van der Waals surface area contributed by atoms with Crippen LogP contribution in [0.3, 0.4) is 0 Å². The maximum Gasteiger partial charge on any atom is 0.335 e. The highest BCUT2D eigenvalue weighted by Crippen LogP contribution is 2.75. The molecule has 0 radical (unpaired) electrons. The molecule has 0 amide bonds. The van der Waals surface area contributed by atoms with E-state index in [0.717, 1.165) is 32.1 Å². The van der Waals surface area contributed by atoms with E-state index in [1.54, 1.807) is 0 Å². The normalized spacial score (nSPS) is 53.1. The number of carboxylic acid groups (broad SMARTS) is 2. The maximum absolute atomic E-state index is 14.6. The number of ether oxygens (including phenoxy) is 2. The lowest BCUT2D eigenvalue weighted by Gasteiger charge is -2.70. The number of hydrogen-bond donors (Lipinski definition) is 5. The van der Waals surface area contributed by atoms with Gasteiger partial charge in [-0.3, -0.25) is 9.59 Å². The van der Waals surface area contributed by atoms with Crippen molar-refractivity contribution in [3.05, 3.63) is 11.6 Å². The molecule has 0 aromatic heterocycles. The molecule has 0 bridgehead atoms. The van der Waals surface area contributed by atoms with E-state index in [0.29, 0.717) is 25.7 Å². The average Bonchev–Trinajstić information content (AvgIpc) is 2.96. The van der Waals surface area contributed by atoms with Crippen molar-refractivity contribution in [2.24, 2.45) is 50.2 Å². The highest BCUT2D eigenvalue weighted by atomic mass is 16.7. The van der Waals surface area contributed by atoms with Crippen LogP contribution in [-0.2, 0) is 23.9 Å². The molecule has 10 nitrogen and oxygen atoms in total. The van der Waals surface area contributed by atoms with E-state index < -0.39 is 59.6 Å². The molecule has 5 aliphatic carbocycles. The quantitative estimate of drug-likeness (QED) is 0.277. The molecule has 0 spiro atoms. The van der Waals surface area contributed by atoms with E-state index in [1.807, 2.05) is 13.0 Å². The van der Waals surface area contributed by atoms with Gasteiger partial charge >= 0.3 is 11.9 Å². The number of hydrogen-bond acceptors (Lipinski definition) is 8. The maximum atomic E-state index is 14.6. The molecule has 1 saturated heterocycles. The average molecular weight is 647 g/mol. The zero-order valence-electron chi connectivity index (χ0n) is 28.4. The summed E-state index contributed by atoms with van der Waals surface area (Å²) in [5, 5.41) is 50.9. The minimum absolute atomic E-state index is 0.0166. The second-order valence-corrected chi connectivity index (χ2v) is 17.8. The lowest BCUT2D eigenvalue weighted by molar-refractivity contribution is -0.323. The number of aliphatic hydroxyl groups excluding tert-OH is 3.